The number of halogens is 1. The van der Waals surface area contributed by atoms with Crippen molar-refractivity contribution in [1.29, 1.82) is 0 Å². The van der Waals surface area contributed by atoms with Crippen LogP contribution in [0.3, 0.4) is 0 Å². The van der Waals surface area contributed by atoms with E-state index in [0.29, 0.717) is 5.01 Å². The van der Waals surface area contributed by atoms with Crippen LogP contribution in [0.5, 0.6) is 5.75 Å². The number of hydrogen-bond acceptors (Lipinski definition) is 5. The third kappa shape index (κ3) is 3.07. The Labute approximate surface area is 127 Å². The molecule has 0 saturated carbocycles. The number of aromatic nitrogens is 1. The Hall–Kier alpha value is -1.51. The van der Waals surface area contributed by atoms with Crippen molar-refractivity contribution >= 4 is 21.4 Å². The molecule has 2 rings (SSSR count). The fraction of sp³-hybridized carbons (Fsp3) is 0.308. The lowest BCUT2D eigenvalue weighted by atomic mass is 10.2. The molecule has 0 spiro atoms. The summed E-state index contributed by atoms with van der Waals surface area (Å²) in [5, 5.41) is 2.45. The molecule has 0 aliphatic heterocycles. The molecule has 0 aliphatic carbocycles. The number of methoxy groups -OCH3 is 1. The third-order valence-corrected chi connectivity index (χ3v) is 5.76. The van der Waals surface area contributed by atoms with E-state index in [1.165, 1.54) is 44.6 Å². The molecule has 0 fully saturated rings. The standard InChI is InChI=1S/C13H15FN2O3S2/c1-9-11(5-4-10(19-3)13(9)14)21(17,18)16(2)8-12-15-6-7-20-12/h4-7H,8H2,1-3H3. The van der Waals surface area contributed by atoms with Crippen molar-refractivity contribution in [1.82, 2.24) is 9.29 Å². The fourth-order valence-corrected chi connectivity index (χ4v) is 3.95. The fourth-order valence-electron chi connectivity index (χ4n) is 1.85. The molecule has 0 amide bonds. The van der Waals surface area contributed by atoms with E-state index in [2.05, 4.69) is 4.98 Å². The topological polar surface area (TPSA) is 59.5 Å². The summed E-state index contributed by atoms with van der Waals surface area (Å²) >= 11 is 1.36. The number of rotatable bonds is 5. The Morgan fingerprint density at radius 1 is 1.43 bits per heavy atom. The first-order valence-electron chi connectivity index (χ1n) is 6.05. The second kappa shape index (κ2) is 6.08. The highest BCUT2D eigenvalue weighted by atomic mass is 32.2. The maximum absolute atomic E-state index is 14.0. The summed E-state index contributed by atoms with van der Waals surface area (Å²) in [6.45, 7) is 1.56. The molecule has 0 atom stereocenters. The maximum Gasteiger partial charge on any atom is 0.243 e. The lowest BCUT2D eigenvalue weighted by molar-refractivity contribution is 0.383. The van der Waals surface area contributed by atoms with Gasteiger partial charge in [-0.15, -0.1) is 11.3 Å². The average molecular weight is 330 g/mol. The van der Waals surface area contributed by atoms with Gasteiger partial charge in [0, 0.05) is 24.2 Å². The molecule has 2 aromatic rings. The van der Waals surface area contributed by atoms with Crippen molar-refractivity contribution in [3.63, 3.8) is 0 Å². The molecule has 1 heterocycles. The summed E-state index contributed by atoms with van der Waals surface area (Å²) in [4.78, 5) is 3.98. The summed E-state index contributed by atoms with van der Waals surface area (Å²) < 4.78 is 45.1. The van der Waals surface area contributed by atoms with Crippen LogP contribution in [-0.4, -0.2) is 31.9 Å². The number of sulfonamides is 1. The van der Waals surface area contributed by atoms with Crippen LogP contribution < -0.4 is 4.74 Å². The van der Waals surface area contributed by atoms with Gasteiger partial charge in [0.25, 0.3) is 0 Å². The van der Waals surface area contributed by atoms with Gasteiger partial charge in [-0.2, -0.15) is 4.31 Å². The van der Waals surface area contributed by atoms with Gasteiger partial charge in [0.15, 0.2) is 11.6 Å². The van der Waals surface area contributed by atoms with Gasteiger partial charge >= 0.3 is 0 Å². The van der Waals surface area contributed by atoms with E-state index >= 15 is 0 Å². The summed E-state index contributed by atoms with van der Waals surface area (Å²) in [5.41, 5.74) is 0.0420. The predicted octanol–water partition coefficient (Wildman–Crippen LogP) is 2.42. The normalized spacial score (nSPS) is 11.9. The summed E-state index contributed by atoms with van der Waals surface area (Å²) in [6, 6.07) is 2.66. The predicted molar refractivity (Wildman–Crippen MR) is 78.5 cm³/mol. The molecule has 0 bridgehead atoms. The minimum Gasteiger partial charge on any atom is -0.494 e. The van der Waals surface area contributed by atoms with Gasteiger partial charge in [-0.05, 0) is 19.1 Å². The zero-order chi connectivity index (χ0) is 15.6. The highest BCUT2D eigenvalue weighted by molar-refractivity contribution is 7.89. The van der Waals surface area contributed by atoms with Crippen LogP contribution in [0.1, 0.15) is 10.6 Å². The molecule has 0 radical (unpaired) electrons. The van der Waals surface area contributed by atoms with Crippen LogP contribution in [0.2, 0.25) is 0 Å². The van der Waals surface area contributed by atoms with Gasteiger partial charge in [-0.25, -0.2) is 17.8 Å². The molecule has 0 N–H and O–H groups in total. The Morgan fingerprint density at radius 2 is 2.14 bits per heavy atom. The number of benzene rings is 1. The molecule has 0 saturated heterocycles. The van der Waals surface area contributed by atoms with Gasteiger partial charge in [0.1, 0.15) is 5.01 Å². The number of hydrogen-bond donors (Lipinski definition) is 0. The number of thiazole rings is 1. The Bertz CT molecular complexity index is 730. The van der Waals surface area contributed by atoms with Crippen molar-refractivity contribution < 1.29 is 17.5 Å². The largest absolute Gasteiger partial charge is 0.494 e. The van der Waals surface area contributed by atoms with Crippen molar-refractivity contribution in [2.24, 2.45) is 0 Å². The van der Waals surface area contributed by atoms with Crippen LogP contribution in [-0.2, 0) is 16.6 Å². The minimum atomic E-state index is -3.79. The molecular formula is C13H15FN2O3S2. The van der Waals surface area contributed by atoms with Gasteiger partial charge in [0.2, 0.25) is 10.0 Å². The van der Waals surface area contributed by atoms with E-state index in [9.17, 15) is 12.8 Å². The molecular weight excluding hydrogens is 315 g/mol. The van der Waals surface area contributed by atoms with Crippen LogP contribution in [0.25, 0.3) is 0 Å². The second-order valence-corrected chi connectivity index (χ2v) is 7.38. The molecule has 1 aromatic heterocycles. The molecule has 8 heteroatoms. The van der Waals surface area contributed by atoms with E-state index < -0.39 is 15.8 Å². The summed E-state index contributed by atoms with van der Waals surface area (Å²) in [6.07, 6.45) is 1.61. The third-order valence-electron chi connectivity index (χ3n) is 3.05. The van der Waals surface area contributed by atoms with Crippen LogP contribution in [0, 0.1) is 12.7 Å². The molecule has 21 heavy (non-hydrogen) atoms. The van der Waals surface area contributed by atoms with Crippen molar-refractivity contribution in [2.45, 2.75) is 18.4 Å². The zero-order valence-corrected chi connectivity index (χ0v) is 13.5. The summed E-state index contributed by atoms with van der Waals surface area (Å²) in [7, 11) is -1.01. The van der Waals surface area contributed by atoms with Crippen LogP contribution in [0.15, 0.2) is 28.6 Å². The maximum atomic E-state index is 14.0. The highest BCUT2D eigenvalue weighted by Gasteiger charge is 2.26. The van der Waals surface area contributed by atoms with E-state index in [1.54, 1.807) is 11.6 Å². The van der Waals surface area contributed by atoms with Gasteiger partial charge in [0.05, 0.1) is 18.6 Å². The monoisotopic (exact) mass is 330 g/mol. The lowest BCUT2D eigenvalue weighted by Crippen LogP contribution is -2.27. The first-order valence-corrected chi connectivity index (χ1v) is 8.37. The number of ether oxygens (including phenoxy) is 1. The van der Waals surface area contributed by atoms with E-state index in [4.69, 9.17) is 4.74 Å². The average Bonchev–Trinajstić information content (AvgIpc) is 2.94. The lowest BCUT2D eigenvalue weighted by Gasteiger charge is -2.18. The highest BCUT2D eigenvalue weighted by Crippen LogP contribution is 2.28. The first-order chi connectivity index (χ1) is 9.87. The SMILES string of the molecule is COc1ccc(S(=O)(=O)N(C)Cc2nccs2)c(C)c1F. The number of nitrogens with zero attached hydrogens (tertiary/aromatic N) is 2. The van der Waals surface area contributed by atoms with Gasteiger partial charge in [-0.3, -0.25) is 0 Å². The molecule has 0 unspecified atom stereocenters. The minimum absolute atomic E-state index is 0.0222. The van der Waals surface area contributed by atoms with Crippen molar-refractivity contribution in [2.75, 3.05) is 14.2 Å². The molecule has 5 nitrogen and oxygen atoms in total. The quantitative estimate of drug-likeness (QED) is 0.845. The van der Waals surface area contributed by atoms with Crippen molar-refractivity contribution in [3.05, 3.63) is 40.1 Å². The molecule has 114 valence electrons. The smallest absolute Gasteiger partial charge is 0.243 e. The second-order valence-electron chi connectivity index (χ2n) is 4.39. The Kier molecular flexibility index (Phi) is 4.60. The Balaban J connectivity index is 2.37. The first kappa shape index (κ1) is 15.9. The van der Waals surface area contributed by atoms with E-state index in [1.807, 2.05) is 0 Å². The van der Waals surface area contributed by atoms with Crippen LogP contribution in [0.4, 0.5) is 4.39 Å². The van der Waals surface area contributed by atoms with Crippen LogP contribution >= 0.6 is 11.3 Å². The van der Waals surface area contributed by atoms with Crippen molar-refractivity contribution in [3.8, 4) is 5.75 Å². The Morgan fingerprint density at radius 3 is 2.71 bits per heavy atom. The van der Waals surface area contributed by atoms with Gasteiger partial charge < -0.3 is 4.74 Å². The molecule has 0 aliphatic rings. The zero-order valence-electron chi connectivity index (χ0n) is 11.8. The van der Waals surface area contributed by atoms with E-state index in [-0.39, 0.29) is 22.8 Å². The summed E-state index contributed by atoms with van der Waals surface area (Å²) in [5.74, 6) is -0.643. The van der Waals surface area contributed by atoms with E-state index in [0.717, 1.165) is 4.31 Å². The van der Waals surface area contributed by atoms with Gasteiger partial charge in [-0.1, -0.05) is 0 Å². The molecule has 1 aromatic carbocycles.